The number of alkyl halides is 2. The maximum atomic E-state index is 12.3. The van der Waals surface area contributed by atoms with Gasteiger partial charge in [-0.3, -0.25) is 0 Å². The minimum atomic E-state index is -4.55. The quantitative estimate of drug-likeness (QED) is 0.851. The lowest BCUT2D eigenvalue weighted by atomic mass is 10.1. The van der Waals surface area contributed by atoms with E-state index in [1.807, 2.05) is 0 Å². The summed E-state index contributed by atoms with van der Waals surface area (Å²) in [5, 5.41) is 9.46. The predicted octanol–water partition coefficient (Wildman–Crippen LogP) is 1.23. The number of rotatable bonds is 6. The molecule has 1 N–H and O–H groups in total. The van der Waals surface area contributed by atoms with Gasteiger partial charge in [-0.2, -0.15) is 8.78 Å². The highest BCUT2D eigenvalue weighted by Gasteiger charge is 2.26. The SMILES string of the molecule is COCC(O)Cc1ccc(S(=O)(=O)C(F)F)cc1. The van der Waals surface area contributed by atoms with Crippen LogP contribution in [0.2, 0.25) is 0 Å². The van der Waals surface area contributed by atoms with Crippen LogP contribution in [0.15, 0.2) is 29.2 Å². The van der Waals surface area contributed by atoms with E-state index in [1.165, 1.54) is 19.2 Å². The molecule has 0 heterocycles. The van der Waals surface area contributed by atoms with Crippen LogP contribution < -0.4 is 0 Å². The van der Waals surface area contributed by atoms with Crippen molar-refractivity contribution in [3.63, 3.8) is 0 Å². The maximum absolute atomic E-state index is 12.3. The van der Waals surface area contributed by atoms with Crippen molar-refractivity contribution in [1.29, 1.82) is 0 Å². The molecule has 0 radical (unpaired) electrons. The van der Waals surface area contributed by atoms with Gasteiger partial charge in [0.15, 0.2) is 0 Å². The fourth-order valence-electron chi connectivity index (χ4n) is 1.44. The normalized spacial score (nSPS) is 13.8. The fourth-order valence-corrected chi connectivity index (χ4v) is 2.16. The lowest BCUT2D eigenvalue weighted by Crippen LogP contribution is -2.17. The Kier molecular flexibility index (Phi) is 5.18. The highest BCUT2D eigenvalue weighted by Crippen LogP contribution is 2.19. The Balaban J connectivity index is 2.81. The highest BCUT2D eigenvalue weighted by molar-refractivity contribution is 7.91. The number of sulfone groups is 1. The average Bonchev–Trinajstić information content (AvgIpc) is 2.29. The second kappa shape index (κ2) is 6.21. The molecule has 0 spiro atoms. The molecule has 0 saturated heterocycles. The fraction of sp³-hybridized carbons (Fsp3) is 0.455. The molecule has 102 valence electrons. The molecule has 1 unspecified atom stereocenters. The lowest BCUT2D eigenvalue weighted by Gasteiger charge is -2.10. The molecular weight excluding hydrogens is 266 g/mol. The van der Waals surface area contributed by atoms with E-state index in [-0.39, 0.29) is 13.0 Å². The van der Waals surface area contributed by atoms with Crippen LogP contribution in [0.25, 0.3) is 0 Å². The molecule has 1 aromatic rings. The zero-order valence-corrected chi connectivity index (χ0v) is 10.5. The van der Waals surface area contributed by atoms with E-state index in [9.17, 15) is 22.3 Å². The molecule has 1 aromatic carbocycles. The van der Waals surface area contributed by atoms with E-state index in [0.717, 1.165) is 12.1 Å². The third-order valence-electron chi connectivity index (χ3n) is 2.32. The number of halogens is 2. The molecule has 0 amide bonds. The van der Waals surface area contributed by atoms with Crippen molar-refractivity contribution in [1.82, 2.24) is 0 Å². The average molecular weight is 280 g/mol. The van der Waals surface area contributed by atoms with Gasteiger partial charge in [0.1, 0.15) is 0 Å². The van der Waals surface area contributed by atoms with Gasteiger partial charge < -0.3 is 9.84 Å². The van der Waals surface area contributed by atoms with Gasteiger partial charge in [0.2, 0.25) is 9.84 Å². The van der Waals surface area contributed by atoms with Gasteiger partial charge in [-0.05, 0) is 17.7 Å². The maximum Gasteiger partial charge on any atom is 0.341 e. The van der Waals surface area contributed by atoms with Gasteiger partial charge in [0, 0.05) is 13.5 Å². The molecule has 0 aliphatic carbocycles. The molecule has 0 fully saturated rings. The molecule has 4 nitrogen and oxygen atoms in total. The van der Waals surface area contributed by atoms with Crippen LogP contribution >= 0.6 is 0 Å². The van der Waals surface area contributed by atoms with Gasteiger partial charge in [0.25, 0.3) is 0 Å². The number of ether oxygens (including phenoxy) is 1. The van der Waals surface area contributed by atoms with Crippen molar-refractivity contribution in [3.05, 3.63) is 29.8 Å². The van der Waals surface area contributed by atoms with E-state index in [0.29, 0.717) is 5.56 Å². The summed E-state index contributed by atoms with van der Waals surface area (Å²) >= 11 is 0. The van der Waals surface area contributed by atoms with Crippen LogP contribution in [0.3, 0.4) is 0 Å². The Morgan fingerprint density at radius 2 is 1.83 bits per heavy atom. The number of methoxy groups -OCH3 is 1. The Labute approximate surface area is 104 Å². The highest BCUT2D eigenvalue weighted by atomic mass is 32.2. The summed E-state index contributed by atoms with van der Waals surface area (Å²) in [5.74, 6) is -3.43. The van der Waals surface area contributed by atoms with E-state index < -0.39 is 26.6 Å². The van der Waals surface area contributed by atoms with Crippen LogP contribution in [0.1, 0.15) is 5.56 Å². The van der Waals surface area contributed by atoms with E-state index >= 15 is 0 Å². The number of aliphatic hydroxyl groups excluding tert-OH is 1. The van der Waals surface area contributed by atoms with Crippen molar-refractivity contribution < 1.29 is 27.0 Å². The van der Waals surface area contributed by atoms with Crippen molar-refractivity contribution >= 4 is 9.84 Å². The largest absolute Gasteiger partial charge is 0.390 e. The monoisotopic (exact) mass is 280 g/mol. The Hall–Kier alpha value is -1.05. The summed E-state index contributed by atoms with van der Waals surface area (Å²) in [6, 6.07) is 5.01. The molecular formula is C11H14F2O4S. The minimum Gasteiger partial charge on any atom is -0.390 e. The summed E-state index contributed by atoms with van der Waals surface area (Å²) < 4.78 is 51.6. The molecule has 7 heteroatoms. The predicted molar refractivity (Wildman–Crippen MR) is 61.2 cm³/mol. The summed E-state index contributed by atoms with van der Waals surface area (Å²) in [6.07, 6.45) is -0.449. The molecule has 1 rings (SSSR count). The van der Waals surface area contributed by atoms with Crippen LogP contribution in [-0.4, -0.2) is 39.1 Å². The first-order valence-corrected chi connectivity index (χ1v) is 6.70. The molecule has 18 heavy (non-hydrogen) atoms. The summed E-state index contributed by atoms with van der Waals surface area (Å²) in [4.78, 5) is -0.428. The Morgan fingerprint density at radius 3 is 2.28 bits per heavy atom. The van der Waals surface area contributed by atoms with Crippen LogP contribution in [0, 0.1) is 0 Å². The molecule has 1 atom stereocenters. The second-order valence-electron chi connectivity index (χ2n) is 3.76. The van der Waals surface area contributed by atoms with Crippen LogP contribution in [-0.2, 0) is 21.0 Å². The van der Waals surface area contributed by atoms with Crippen LogP contribution in [0.4, 0.5) is 8.78 Å². The van der Waals surface area contributed by atoms with Crippen molar-refractivity contribution in [3.8, 4) is 0 Å². The molecule has 0 aliphatic rings. The number of aliphatic hydroxyl groups is 1. The van der Waals surface area contributed by atoms with Gasteiger partial charge in [-0.15, -0.1) is 0 Å². The number of hydrogen-bond acceptors (Lipinski definition) is 4. The van der Waals surface area contributed by atoms with Gasteiger partial charge in [-0.25, -0.2) is 8.42 Å². The molecule has 0 aliphatic heterocycles. The summed E-state index contributed by atoms with van der Waals surface area (Å²) in [6.45, 7) is 0.150. The topological polar surface area (TPSA) is 63.6 Å². The zero-order chi connectivity index (χ0) is 13.8. The molecule has 0 aromatic heterocycles. The van der Waals surface area contributed by atoms with Crippen LogP contribution in [0.5, 0.6) is 0 Å². The first-order chi connectivity index (χ1) is 8.37. The van der Waals surface area contributed by atoms with Crippen molar-refractivity contribution in [2.45, 2.75) is 23.2 Å². The first-order valence-electron chi connectivity index (χ1n) is 5.16. The molecule has 0 bridgehead atoms. The van der Waals surface area contributed by atoms with Gasteiger partial charge in [-0.1, -0.05) is 12.1 Å². The van der Waals surface area contributed by atoms with Gasteiger partial charge in [0.05, 0.1) is 17.6 Å². The third-order valence-corrected chi connectivity index (χ3v) is 3.72. The second-order valence-corrected chi connectivity index (χ2v) is 5.68. The first kappa shape index (κ1) is 15.0. The summed E-state index contributed by atoms with van der Waals surface area (Å²) in [5.41, 5.74) is 0.646. The molecule has 0 saturated carbocycles. The zero-order valence-electron chi connectivity index (χ0n) is 9.71. The Bertz CT molecular complexity index is 470. The van der Waals surface area contributed by atoms with E-state index in [2.05, 4.69) is 0 Å². The Morgan fingerprint density at radius 1 is 1.28 bits per heavy atom. The minimum absolute atomic E-state index is 0.150. The third kappa shape index (κ3) is 3.72. The van der Waals surface area contributed by atoms with E-state index in [4.69, 9.17) is 4.74 Å². The summed E-state index contributed by atoms with van der Waals surface area (Å²) in [7, 11) is -3.11. The number of benzene rings is 1. The lowest BCUT2D eigenvalue weighted by molar-refractivity contribution is 0.0650. The van der Waals surface area contributed by atoms with Crippen molar-refractivity contribution in [2.75, 3.05) is 13.7 Å². The van der Waals surface area contributed by atoms with E-state index in [1.54, 1.807) is 0 Å². The van der Waals surface area contributed by atoms with Gasteiger partial charge >= 0.3 is 5.76 Å². The van der Waals surface area contributed by atoms with Crippen molar-refractivity contribution in [2.24, 2.45) is 0 Å². The standard InChI is InChI=1S/C11H14F2O4S/c1-17-7-9(14)6-8-2-4-10(5-3-8)18(15,16)11(12)13/h2-5,9,11,14H,6-7H2,1H3. The smallest absolute Gasteiger partial charge is 0.341 e. The number of hydrogen-bond donors (Lipinski definition) is 1.